The van der Waals surface area contributed by atoms with E-state index in [4.69, 9.17) is 18.9 Å². The van der Waals surface area contributed by atoms with Gasteiger partial charge in [-0.2, -0.15) is 4.31 Å². The lowest BCUT2D eigenvalue weighted by Crippen LogP contribution is -2.52. The standard InChI is InChI=1S/C31H43N3O7S/c1-30(2)22-9-10-31(3,18-22)29(30)33-28(35)21-7-8-23(26(17-21)42(36,37)34-11-13-41-14-12-34)32-19-20-15-24(38-4)27(40-6)25(16-20)39-5/h7-8,15-17,22,29,32H,9-14,18-19H2,1-6H3,(H,33,35)/t22-,29?,31-/m0/s1. The highest BCUT2D eigenvalue weighted by Gasteiger charge is 2.59. The maximum atomic E-state index is 13.9. The predicted octanol–water partition coefficient (Wildman–Crippen LogP) is 4.29. The van der Waals surface area contributed by atoms with Gasteiger partial charge in [0.15, 0.2) is 11.5 Å². The van der Waals surface area contributed by atoms with Crippen molar-refractivity contribution in [1.29, 1.82) is 0 Å². The molecule has 0 aromatic heterocycles. The molecular formula is C31H43N3O7S. The van der Waals surface area contributed by atoms with Gasteiger partial charge in [0.25, 0.3) is 5.91 Å². The summed E-state index contributed by atoms with van der Waals surface area (Å²) in [6.07, 6.45) is 3.38. The van der Waals surface area contributed by atoms with Gasteiger partial charge in [-0.15, -0.1) is 0 Å². The molecule has 3 atom stereocenters. The molecule has 5 rings (SSSR count). The lowest BCUT2D eigenvalue weighted by molar-refractivity contribution is 0.0729. The van der Waals surface area contributed by atoms with Crippen molar-refractivity contribution in [3.05, 3.63) is 41.5 Å². The number of anilines is 1. The summed E-state index contributed by atoms with van der Waals surface area (Å²) in [4.78, 5) is 13.7. The number of hydrogen-bond donors (Lipinski definition) is 2. The summed E-state index contributed by atoms with van der Waals surface area (Å²) in [6.45, 7) is 8.16. The van der Waals surface area contributed by atoms with E-state index in [-0.39, 0.29) is 47.3 Å². The molecule has 10 nitrogen and oxygen atoms in total. The Morgan fingerprint density at radius 1 is 1.02 bits per heavy atom. The summed E-state index contributed by atoms with van der Waals surface area (Å²) in [6, 6.07) is 8.50. The van der Waals surface area contributed by atoms with Crippen molar-refractivity contribution in [2.75, 3.05) is 52.9 Å². The van der Waals surface area contributed by atoms with E-state index in [2.05, 4.69) is 31.4 Å². The van der Waals surface area contributed by atoms with Crippen LogP contribution in [0.5, 0.6) is 17.2 Å². The van der Waals surface area contributed by atoms with Gasteiger partial charge in [-0.3, -0.25) is 4.79 Å². The molecule has 1 aliphatic heterocycles. The van der Waals surface area contributed by atoms with Crippen LogP contribution in [0.15, 0.2) is 35.2 Å². The summed E-state index contributed by atoms with van der Waals surface area (Å²) in [5, 5.41) is 6.58. The second kappa shape index (κ2) is 11.6. The molecule has 11 heteroatoms. The number of nitrogens with one attached hydrogen (secondary N) is 2. The van der Waals surface area contributed by atoms with Crippen LogP contribution in [0.4, 0.5) is 5.69 Å². The SMILES string of the molecule is COc1cc(CNc2ccc(C(=O)NC3C(C)(C)[C@H]4CC[C@@]3(C)C4)cc2S(=O)(=O)N2CCOCC2)cc(OC)c1OC. The first-order chi connectivity index (χ1) is 19.9. The largest absolute Gasteiger partial charge is 0.493 e. The van der Waals surface area contributed by atoms with Crippen molar-refractivity contribution in [2.45, 2.75) is 57.5 Å². The molecule has 1 saturated heterocycles. The molecule has 2 aromatic carbocycles. The van der Waals surface area contributed by atoms with Crippen molar-refractivity contribution in [2.24, 2.45) is 16.7 Å². The van der Waals surface area contributed by atoms with Gasteiger partial charge in [-0.25, -0.2) is 8.42 Å². The van der Waals surface area contributed by atoms with E-state index < -0.39 is 10.0 Å². The minimum atomic E-state index is -3.92. The minimum absolute atomic E-state index is 0.0205. The number of carbonyl (C=O) groups excluding carboxylic acids is 1. The molecule has 1 unspecified atom stereocenters. The van der Waals surface area contributed by atoms with Gasteiger partial charge in [0.2, 0.25) is 15.8 Å². The number of morpholine rings is 1. The van der Waals surface area contributed by atoms with Gasteiger partial charge in [-0.05, 0) is 71.9 Å². The summed E-state index contributed by atoms with van der Waals surface area (Å²) in [5.74, 6) is 1.80. The predicted molar refractivity (Wildman–Crippen MR) is 160 cm³/mol. The fraction of sp³-hybridized carbons (Fsp3) is 0.581. The molecule has 3 fully saturated rings. The van der Waals surface area contributed by atoms with Crippen molar-refractivity contribution in [3.63, 3.8) is 0 Å². The van der Waals surface area contributed by atoms with E-state index in [1.54, 1.807) is 26.4 Å². The van der Waals surface area contributed by atoms with Gasteiger partial charge in [0, 0.05) is 31.2 Å². The quantitative estimate of drug-likeness (QED) is 0.415. The third-order valence-corrected chi connectivity index (χ3v) is 11.5. The normalized spacial score (nSPS) is 25.2. The smallest absolute Gasteiger partial charge is 0.251 e. The van der Waals surface area contributed by atoms with Gasteiger partial charge in [-0.1, -0.05) is 20.8 Å². The van der Waals surface area contributed by atoms with Gasteiger partial charge < -0.3 is 29.6 Å². The van der Waals surface area contributed by atoms with E-state index in [1.807, 2.05) is 12.1 Å². The molecule has 0 radical (unpaired) electrons. The molecule has 3 aliphatic rings. The van der Waals surface area contributed by atoms with E-state index in [1.165, 1.54) is 23.9 Å². The van der Waals surface area contributed by atoms with Gasteiger partial charge in [0.1, 0.15) is 4.90 Å². The van der Waals surface area contributed by atoms with Crippen LogP contribution < -0.4 is 24.8 Å². The lowest BCUT2D eigenvalue weighted by atomic mass is 9.68. The number of ether oxygens (including phenoxy) is 4. The Hall–Kier alpha value is -3.02. The van der Waals surface area contributed by atoms with Crippen LogP contribution in [-0.2, 0) is 21.3 Å². The average Bonchev–Trinajstić information content (AvgIpc) is 3.48. The van der Waals surface area contributed by atoms with Crippen LogP contribution in [0.25, 0.3) is 0 Å². The van der Waals surface area contributed by atoms with Crippen LogP contribution in [0.2, 0.25) is 0 Å². The molecule has 2 bridgehead atoms. The molecule has 230 valence electrons. The molecule has 2 aromatic rings. The highest BCUT2D eigenvalue weighted by atomic mass is 32.2. The number of sulfonamides is 1. The zero-order valence-electron chi connectivity index (χ0n) is 25.4. The zero-order valence-corrected chi connectivity index (χ0v) is 26.2. The Kier molecular flexibility index (Phi) is 8.39. The molecule has 42 heavy (non-hydrogen) atoms. The van der Waals surface area contributed by atoms with E-state index in [0.717, 1.165) is 18.4 Å². The number of rotatable bonds is 10. The Morgan fingerprint density at radius 3 is 2.26 bits per heavy atom. The lowest BCUT2D eigenvalue weighted by Gasteiger charge is -2.43. The van der Waals surface area contributed by atoms with Gasteiger partial charge >= 0.3 is 0 Å². The zero-order chi connectivity index (χ0) is 30.3. The van der Waals surface area contributed by atoms with Crippen LogP contribution in [-0.4, -0.2) is 72.3 Å². The number of fused-ring (bicyclic) bond motifs is 2. The third kappa shape index (κ3) is 5.42. The third-order valence-electron chi connectivity index (χ3n) is 9.58. The van der Waals surface area contributed by atoms with Gasteiger partial charge in [0.05, 0.1) is 40.2 Å². The number of benzene rings is 2. The molecule has 2 aliphatic carbocycles. The second-order valence-electron chi connectivity index (χ2n) is 12.4. The number of hydrogen-bond acceptors (Lipinski definition) is 8. The first-order valence-corrected chi connectivity index (χ1v) is 15.9. The summed E-state index contributed by atoms with van der Waals surface area (Å²) >= 11 is 0. The van der Waals surface area contributed by atoms with E-state index in [0.29, 0.717) is 47.6 Å². The summed E-state index contributed by atoms with van der Waals surface area (Å²) in [7, 11) is 0.711. The Morgan fingerprint density at radius 2 is 1.69 bits per heavy atom. The second-order valence-corrected chi connectivity index (χ2v) is 14.3. The minimum Gasteiger partial charge on any atom is -0.493 e. The molecule has 2 saturated carbocycles. The average molecular weight is 602 g/mol. The fourth-order valence-electron chi connectivity index (χ4n) is 7.26. The van der Waals surface area contributed by atoms with E-state index >= 15 is 0 Å². The molecule has 2 N–H and O–H groups in total. The first-order valence-electron chi connectivity index (χ1n) is 14.5. The Bertz CT molecular complexity index is 1410. The van der Waals surface area contributed by atoms with Crippen molar-refractivity contribution < 1.29 is 32.2 Å². The van der Waals surface area contributed by atoms with Crippen LogP contribution in [0.1, 0.15) is 56.0 Å². The molecular weight excluding hydrogens is 558 g/mol. The van der Waals surface area contributed by atoms with Crippen molar-refractivity contribution in [1.82, 2.24) is 9.62 Å². The topological polar surface area (TPSA) is 115 Å². The summed E-state index contributed by atoms with van der Waals surface area (Å²) in [5.41, 5.74) is 1.55. The molecule has 1 amide bonds. The number of nitrogens with zero attached hydrogens (tertiary/aromatic N) is 1. The Labute approximate surface area is 249 Å². The van der Waals surface area contributed by atoms with Crippen LogP contribution in [0, 0.1) is 16.7 Å². The fourth-order valence-corrected chi connectivity index (χ4v) is 8.86. The number of carbonyl (C=O) groups is 1. The first kappa shape index (κ1) is 30.4. The summed E-state index contributed by atoms with van der Waals surface area (Å²) < 4.78 is 51.0. The Balaban J connectivity index is 1.45. The highest BCUT2D eigenvalue weighted by Crippen LogP contribution is 2.62. The molecule has 1 heterocycles. The van der Waals surface area contributed by atoms with Crippen LogP contribution >= 0.6 is 0 Å². The highest BCUT2D eigenvalue weighted by molar-refractivity contribution is 7.89. The number of amides is 1. The maximum absolute atomic E-state index is 13.9. The van der Waals surface area contributed by atoms with Crippen molar-refractivity contribution in [3.8, 4) is 17.2 Å². The molecule has 0 spiro atoms. The maximum Gasteiger partial charge on any atom is 0.251 e. The van der Waals surface area contributed by atoms with Crippen molar-refractivity contribution >= 4 is 21.6 Å². The van der Waals surface area contributed by atoms with E-state index in [9.17, 15) is 13.2 Å². The monoisotopic (exact) mass is 601 g/mol. The number of methoxy groups -OCH3 is 3. The van der Waals surface area contributed by atoms with Crippen LogP contribution in [0.3, 0.4) is 0 Å².